The number of nitrogens with one attached hydrogen (secondary N) is 1. The number of nitrogens with zero attached hydrogens (tertiary/aromatic N) is 2. The number of aliphatic hydroxyl groups excluding tert-OH is 1. The number of benzene rings is 1. The second-order valence-corrected chi connectivity index (χ2v) is 6.06. The highest BCUT2D eigenvalue weighted by molar-refractivity contribution is 7.89. The standard InChI is InChI=1S/C13H17N3O3S/c1-2-16-8-13(14-10-16)20(18,19)15-7-11-4-3-5-12(6-11)9-17/h3-6,8,10,15,17H,2,7,9H2,1H3. The summed E-state index contributed by atoms with van der Waals surface area (Å²) in [6.07, 6.45) is 2.98. The van der Waals surface area contributed by atoms with E-state index in [0.29, 0.717) is 6.54 Å². The Kier molecular flexibility index (Phi) is 4.53. The lowest BCUT2D eigenvalue weighted by Crippen LogP contribution is -2.23. The van der Waals surface area contributed by atoms with E-state index in [0.717, 1.165) is 11.1 Å². The zero-order valence-corrected chi connectivity index (χ0v) is 12.0. The molecule has 2 rings (SSSR count). The van der Waals surface area contributed by atoms with Gasteiger partial charge < -0.3 is 9.67 Å². The summed E-state index contributed by atoms with van der Waals surface area (Å²) in [5.74, 6) is 0. The van der Waals surface area contributed by atoms with Gasteiger partial charge in [-0.25, -0.2) is 18.1 Å². The van der Waals surface area contributed by atoms with Gasteiger partial charge in [-0.3, -0.25) is 0 Å². The number of hydrogen-bond acceptors (Lipinski definition) is 4. The van der Waals surface area contributed by atoms with Crippen molar-refractivity contribution in [3.63, 3.8) is 0 Å². The Morgan fingerprint density at radius 3 is 2.75 bits per heavy atom. The summed E-state index contributed by atoms with van der Waals surface area (Å²) in [4.78, 5) is 3.88. The summed E-state index contributed by atoms with van der Waals surface area (Å²) >= 11 is 0. The Morgan fingerprint density at radius 2 is 2.10 bits per heavy atom. The Morgan fingerprint density at radius 1 is 1.35 bits per heavy atom. The summed E-state index contributed by atoms with van der Waals surface area (Å²) in [6, 6.07) is 7.11. The zero-order chi connectivity index (χ0) is 14.6. The van der Waals surface area contributed by atoms with Crippen molar-refractivity contribution in [3.8, 4) is 0 Å². The minimum absolute atomic E-state index is 0.0117. The Hall–Kier alpha value is -1.70. The number of aryl methyl sites for hydroxylation is 1. The van der Waals surface area contributed by atoms with Crippen LogP contribution in [0.5, 0.6) is 0 Å². The molecule has 6 nitrogen and oxygen atoms in total. The van der Waals surface area contributed by atoms with Crippen LogP contribution in [0.4, 0.5) is 0 Å². The number of aromatic nitrogens is 2. The average Bonchev–Trinajstić information content (AvgIpc) is 2.95. The first kappa shape index (κ1) is 14.7. The van der Waals surface area contributed by atoms with Crippen molar-refractivity contribution in [1.29, 1.82) is 0 Å². The predicted molar refractivity (Wildman–Crippen MR) is 74.3 cm³/mol. The first-order chi connectivity index (χ1) is 9.55. The van der Waals surface area contributed by atoms with E-state index < -0.39 is 10.0 Å². The lowest BCUT2D eigenvalue weighted by atomic mass is 10.1. The number of hydrogen-bond donors (Lipinski definition) is 2. The SMILES string of the molecule is CCn1cnc(S(=O)(=O)NCc2cccc(CO)c2)c1. The summed E-state index contributed by atoms with van der Waals surface area (Å²) in [5, 5.41) is 9.06. The molecule has 1 aromatic carbocycles. The molecule has 0 aliphatic carbocycles. The molecule has 0 saturated heterocycles. The first-order valence-corrected chi connectivity index (χ1v) is 7.73. The molecular weight excluding hydrogens is 278 g/mol. The van der Waals surface area contributed by atoms with E-state index in [2.05, 4.69) is 9.71 Å². The van der Waals surface area contributed by atoms with Gasteiger partial charge in [-0.15, -0.1) is 0 Å². The van der Waals surface area contributed by atoms with Gasteiger partial charge in [0.15, 0.2) is 5.03 Å². The van der Waals surface area contributed by atoms with Crippen molar-refractivity contribution in [1.82, 2.24) is 14.3 Å². The molecule has 7 heteroatoms. The topological polar surface area (TPSA) is 84.2 Å². The third-order valence-electron chi connectivity index (χ3n) is 2.89. The van der Waals surface area contributed by atoms with Crippen LogP contribution in [0.2, 0.25) is 0 Å². The van der Waals surface area contributed by atoms with Crippen LogP contribution in [-0.2, 0) is 29.7 Å². The van der Waals surface area contributed by atoms with Crippen LogP contribution in [0, 0.1) is 0 Å². The summed E-state index contributed by atoms with van der Waals surface area (Å²) in [7, 11) is -3.61. The molecule has 2 aromatic rings. The van der Waals surface area contributed by atoms with E-state index in [1.54, 1.807) is 28.8 Å². The number of rotatable bonds is 6. The molecule has 2 N–H and O–H groups in total. The molecule has 0 amide bonds. The molecule has 0 fully saturated rings. The van der Waals surface area contributed by atoms with Gasteiger partial charge in [0.05, 0.1) is 12.9 Å². The maximum Gasteiger partial charge on any atom is 0.259 e. The molecule has 0 aliphatic heterocycles. The molecule has 108 valence electrons. The number of aliphatic hydroxyl groups is 1. The number of sulfonamides is 1. The summed E-state index contributed by atoms with van der Waals surface area (Å²) < 4.78 is 28.3. The zero-order valence-electron chi connectivity index (χ0n) is 11.2. The smallest absolute Gasteiger partial charge is 0.259 e. The van der Waals surface area contributed by atoms with Crippen LogP contribution in [0.25, 0.3) is 0 Å². The minimum Gasteiger partial charge on any atom is -0.392 e. The third kappa shape index (κ3) is 3.44. The van der Waals surface area contributed by atoms with Crippen LogP contribution in [0.15, 0.2) is 41.8 Å². The normalized spacial score (nSPS) is 11.7. The van der Waals surface area contributed by atoms with Crippen molar-refractivity contribution in [3.05, 3.63) is 47.9 Å². The van der Waals surface area contributed by atoms with Crippen molar-refractivity contribution in [2.45, 2.75) is 31.6 Å². The maximum absolute atomic E-state index is 12.1. The molecule has 0 saturated carbocycles. The molecule has 20 heavy (non-hydrogen) atoms. The van der Waals surface area contributed by atoms with Gasteiger partial charge >= 0.3 is 0 Å². The molecule has 1 heterocycles. The van der Waals surface area contributed by atoms with Crippen LogP contribution < -0.4 is 4.72 Å². The van der Waals surface area contributed by atoms with E-state index in [-0.39, 0.29) is 18.2 Å². The van der Waals surface area contributed by atoms with E-state index in [4.69, 9.17) is 5.11 Å². The van der Waals surface area contributed by atoms with Gasteiger partial charge in [0.25, 0.3) is 10.0 Å². The molecule has 0 spiro atoms. The van der Waals surface area contributed by atoms with Crippen LogP contribution in [-0.4, -0.2) is 23.1 Å². The highest BCUT2D eigenvalue weighted by Gasteiger charge is 2.16. The fraction of sp³-hybridized carbons (Fsp3) is 0.308. The highest BCUT2D eigenvalue weighted by Crippen LogP contribution is 2.09. The van der Waals surface area contributed by atoms with Crippen LogP contribution >= 0.6 is 0 Å². The van der Waals surface area contributed by atoms with Crippen molar-refractivity contribution in [2.75, 3.05) is 0 Å². The second-order valence-electron chi connectivity index (χ2n) is 4.34. The Labute approximate surface area is 118 Å². The van der Waals surface area contributed by atoms with Crippen molar-refractivity contribution in [2.24, 2.45) is 0 Å². The minimum atomic E-state index is -3.61. The quantitative estimate of drug-likeness (QED) is 0.828. The number of imidazole rings is 1. The van der Waals surface area contributed by atoms with Crippen LogP contribution in [0.3, 0.4) is 0 Å². The lowest BCUT2D eigenvalue weighted by molar-refractivity contribution is 0.281. The van der Waals surface area contributed by atoms with Gasteiger partial charge in [-0.2, -0.15) is 0 Å². The fourth-order valence-corrected chi connectivity index (χ4v) is 2.71. The highest BCUT2D eigenvalue weighted by atomic mass is 32.2. The van der Waals surface area contributed by atoms with Gasteiger partial charge in [0, 0.05) is 19.3 Å². The van der Waals surface area contributed by atoms with Gasteiger partial charge in [0.2, 0.25) is 0 Å². The largest absolute Gasteiger partial charge is 0.392 e. The molecular formula is C13H17N3O3S. The van der Waals surface area contributed by atoms with Crippen LogP contribution in [0.1, 0.15) is 18.1 Å². The molecule has 0 unspecified atom stereocenters. The molecule has 0 bridgehead atoms. The molecule has 1 aromatic heterocycles. The predicted octanol–water partition coefficient (Wildman–Crippen LogP) is 0.874. The fourth-order valence-electron chi connectivity index (χ4n) is 1.74. The van der Waals surface area contributed by atoms with Crippen molar-refractivity contribution < 1.29 is 13.5 Å². The average molecular weight is 295 g/mol. The monoisotopic (exact) mass is 295 g/mol. The lowest BCUT2D eigenvalue weighted by Gasteiger charge is -2.05. The van der Waals surface area contributed by atoms with Gasteiger partial charge in [-0.05, 0) is 18.1 Å². The molecule has 0 radical (unpaired) electrons. The van der Waals surface area contributed by atoms with Gasteiger partial charge in [-0.1, -0.05) is 24.3 Å². The molecule has 0 atom stereocenters. The first-order valence-electron chi connectivity index (χ1n) is 6.25. The summed E-state index contributed by atoms with van der Waals surface area (Å²) in [5.41, 5.74) is 1.53. The van der Waals surface area contributed by atoms with E-state index in [1.807, 2.05) is 6.92 Å². The second kappa shape index (κ2) is 6.17. The third-order valence-corrected chi connectivity index (χ3v) is 4.18. The van der Waals surface area contributed by atoms with E-state index in [9.17, 15) is 8.42 Å². The maximum atomic E-state index is 12.1. The van der Waals surface area contributed by atoms with Crippen molar-refractivity contribution >= 4 is 10.0 Å². The molecule has 0 aliphatic rings. The summed E-state index contributed by atoms with van der Waals surface area (Å²) in [6.45, 7) is 2.67. The Balaban J connectivity index is 2.08. The van der Waals surface area contributed by atoms with Gasteiger partial charge in [0.1, 0.15) is 0 Å². The van der Waals surface area contributed by atoms with E-state index >= 15 is 0 Å². The Bertz CT molecular complexity index is 680. The van der Waals surface area contributed by atoms with E-state index in [1.165, 1.54) is 12.5 Å².